The van der Waals surface area contributed by atoms with Crippen LogP contribution in [0.1, 0.15) is 10.4 Å². The minimum absolute atomic E-state index is 0.0103. The molecule has 0 unspecified atom stereocenters. The van der Waals surface area contributed by atoms with Gasteiger partial charge >= 0.3 is 12.1 Å². The van der Waals surface area contributed by atoms with Crippen molar-refractivity contribution >= 4 is 12.1 Å². The maximum absolute atomic E-state index is 11.5. The van der Waals surface area contributed by atoms with E-state index < -0.39 is 12.1 Å². The molecule has 0 bridgehead atoms. The van der Waals surface area contributed by atoms with Crippen molar-refractivity contribution < 1.29 is 19.1 Å². The fourth-order valence-corrected chi connectivity index (χ4v) is 1.79. The van der Waals surface area contributed by atoms with Crippen molar-refractivity contribution in [3.8, 4) is 16.9 Å². The molecule has 0 fully saturated rings. The fraction of sp³-hybridized carbons (Fsp3) is 0.133. The van der Waals surface area contributed by atoms with Gasteiger partial charge in [0.1, 0.15) is 5.75 Å². The molecule has 0 aliphatic heterocycles. The zero-order valence-corrected chi connectivity index (χ0v) is 11.9. The minimum atomic E-state index is -0.638. The minimum Gasteiger partial charge on any atom is -0.465 e. The number of esters is 1. The Kier molecular flexibility index (Phi) is 5.05. The molecule has 1 amide bonds. The predicted molar refractivity (Wildman–Crippen MR) is 79.2 cm³/mol. The second kappa shape index (κ2) is 7.19. The van der Waals surface area contributed by atoms with E-state index in [0.717, 1.165) is 5.56 Å². The molecule has 7 heteroatoms. The van der Waals surface area contributed by atoms with E-state index >= 15 is 0 Å². The molecule has 2 aromatic rings. The topological polar surface area (TPSA) is 104 Å². The standard InChI is InChI=1S/C15H15N3O4/c1-21-14(19)12-5-11(7-17-8-12)10-3-2-4-13(6-10)22-15(20)18-9-16/h2-8H,9,16H2,1H3,(H,18,20). The first-order chi connectivity index (χ1) is 10.6. The number of amides is 1. The third kappa shape index (κ3) is 3.80. The average molecular weight is 301 g/mol. The Labute approximate surface area is 127 Å². The van der Waals surface area contributed by atoms with Crippen molar-refractivity contribution in [2.24, 2.45) is 5.73 Å². The Bertz CT molecular complexity index is 688. The van der Waals surface area contributed by atoms with Gasteiger partial charge in [0.05, 0.1) is 19.3 Å². The number of carbonyl (C=O) groups excluding carboxylic acids is 2. The van der Waals surface area contributed by atoms with Crippen molar-refractivity contribution in [2.45, 2.75) is 0 Å². The second-order valence-electron chi connectivity index (χ2n) is 4.25. The number of aromatic nitrogens is 1. The highest BCUT2D eigenvalue weighted by molar-refractivity contribution is 5.90. The summed E-state index contributed by atoms with van der Waals surface area (Å²) < 4.78 is 9.74. The number of rotatable bonds is 4. The number of methoxy groups -OCH3 is 1. The number of nitrogens with two attached hydrogens (primary N) is 1. The van der Waals surface area contributed by atoms with Crippen molar-refractivity contribution in [2.75, 3.05) is 13.8 Å². The molecule has 0 saturated heterocycles. The first kappa shape index (κ1) is 15.5. The van der Waals surface area contributed by atoms with Crippen LogP contribution in [0.25, 0.3) is 11.1 Å². The van der Waals surface area contributed by atoms with E-state index in [-0.39, 0.29) is 6.67 Å². The zero-order chi connectivity index (χ0) is 15.9. The number of hydrogen-bond donors (Lipinski definition) is 2. The highest BCUT2D eigenvalue weighted by Crippen LogP contribution is 2.24. The summed E-state index contributed by atoms with van der Waals surface area (Å²) >= 11 is 0. The number of nitrogens with one attached hydrogen (secondary N) is 1. The molecule has 114 valence electrons. The van der Waals surface area contributed by atoms with Gasteiger partial charge < -0.3 is 20.5 Å². The van der Waals surface area contributed by atoms with Gasteiger partial charge in [0.15, 0.2) is 0 Å². The molecule has 1 aromatic heterocycles. The lowest BCUT2D eigenvalue weighted by Crippen LogP contribution is -2.31. The van der Waals surface area contributed by atoms with E-state index in [1.807, 2.05) is 6.07 Å². The Hall–Kier alpha value is -2.93. The van der Waals surface area contributed by atoms with E-state index in [0.29, 0.717) is 16.9 Å². The van der Waals surface area contributed by atoms with E-state index in [4.69, 9.17) is 10.5 Å². The van der Waals surface area contributed by atoms with Crippen LogP contribution in [0.5, 0.6) is 5.75 Å². The number of pyridine rings is 1. The summed E-state index contributed by atoms with van der Waals surface area (Å²) in [4.78, 5) is 26.9. The maximum Gasteiger partial charge on any atom is 0.413 e. The maximum atomic E-state index is 11.5. The van der Waals surface area contributed by atoms with Crippen LogP contribution in [0.15, 0.2) is 42.7 Å². The number of nitrogens with zero attached hydrogens (tertiary/aromatic N) is 1. The monoisotopic (exact) mass is 301 g/mol. The lowest BCUT2D eigenvalue weighted by atomic mass is 10.1. The summed E-state index contributed by atoms with van der Waals surface area (Å²) in [6, 6.07) is 8.49. The van der Waals surface area contributed by atoms with Crippen molar-refractivity contribution in [3.63, 3.8) is 0 Å². The van der Waals surface area contributed by atoms with Crippen LogP contribution < -0.4 is 15.8 Å². The highest BCUT2D eigenvalue weighted by Gasteiger charge is 2.09. The van der Waals surface area contributed by atoms with Crippen LogP contribution in [-0.4, -0.2) is 30.8 Å². The number of carbonyl (C=O) groups is 2. The molecule has 1 aromatic carbocycles. The average Bonchev–Trinajstić information content (AvgIpc) is 2.54. The van der Waals surface area contributed by atoms with Gasteiger partial charge in [-0.05, 0) is 23.8 Å². The summed E-state index contributed by atoms with van der Waals surface area (Å²) in [5, 5.41) is 2.33. The number of benzene rings is 1. The third-order valence-electron chi connectivity index (χ3n) is 2.78. The van der Waals surface area contributed by atoms with Gasteiger partial charge in [-0.15, -0.1) is 0 Å². The lowest BCUT2D eigenvalue weighted by Gasteiger charge is -2.07. The Morgan fingerprint density at radius 2 is 2.05 bits per heavy atom. The Morgan fingerprint density at radius 1 is 1.23 bits per heavy atom. The van der Waals surface area contributed by atoms with Crippen LogP contribution in [-0.2, 0) is 4.74 Å². The molecule has 0 aliphatic carbocycles. The molecule has 0 atom stereocenters. The van der Waals surface area contributed by atoms with Crippen molar-refractivity contribution in [3.05, 3.63) is 48.3 Å². The summed E-state index contributed by atoms with van der Waals surface area (Å²) in [6.07, 6.45) is 2.39. The van der Waals surface area contributed by atoms with Gasteiger partial charge in [0.25, 0.3) is 0 Å². The Morgan fingerprint density at radius 3 is 2.77 bits per heavy atom. The van der Waals surface area contributed by atoms with Crippen molar-refractivity contribution in [1.82, 2.24) is 10.3 Å². The summed E-state index contributed by atoms with van der Waals surface area (Å²) in [5.74, 6) is -0.115. The molecule has 2 rings (SSSR count). The van der Waals surface area contributed by atoms with Gasteiger partial charge in [-0.25, -0.2) is 9.59 Å². The van der Waals surface area contributed by atoms with E-state index in [1.54, 1.807) is 30.5 Å². The van der Waals surface area contributed by atoms with Crippen LogP contribution in [0.2, 0.25) is 0 Å². The van der Waals surface area contributed by atoms with Crippen LogP contribution in [0.3, 0.4) is 0 Å². The molecule has 0 saturated carbocycles. The van der Waals surface area contributed by atoms with Gasteiger partial charge in [0, 0.05) is 18.0 Å². The van der Waals surface area contributed by atoms with E-state index in [1.165, 1.54) is 13.3 Å². The summed E-state index contributed by atoms with van der Waals surface area (Å²) in [6.45, 7) is -0.0103. The fourth-order valence-electron chi connectivity index (χ4n) is 1.79. The quantitative estimate of drug-likeness (QED) is 0.656. The third-order valence-corrected chi connectivity index (χ3v) is 2.78. The normalized spacial score (nSPS) is 9.91. The highest BCUT2D eigenvalue weighted by atomic mass is 16.6. The molecule has 1 heterocycles. The van der Waals surface area contributed by atoms with Crippen LogP contribution in [0, 0.1) is 0 Å². The lowest BCUT2D eigenvalue weighted by molar-refractivity contribution is 0.0600. The molecular formula is C15H15N3O4. The van der Waals surface area contributed by atoms with Crippen LogP contribution >= 0.6 is 0 Å². The van der Waals surface area contributed by atoms with Gasteiger partial charge in [0.2, 0.25) is 0 Å². The molecule has 3 N–H and O–H groups in total. The van der Waals surface area contributed by atoms with E-state index in [2.05, 4.69) is 15.0 Å². The largest absolute Gasteiger partial charge is 0.465 e. The number of ether oxygens (including phenoxy) is 2. The summed E-state index contributed by atoms with van der Waals surface area (Å²) in [5.41, 5.74) is 6.99. The molecule has 22 heavy (non-hydrogen) atoms. The Balaban J connectivity index is 2.26. The second-order valence-corrected chi connectivity index (χ2v) is 4.25. The smallest absolute Gasteiger partial charge is 0.413 e. The SMILES string of the molecule is COC(=O)c1cncc(-c2cccc(OC(=O)NCN)c2)c1. The molecule has 0 aliphatic rings. The number of hydrogen-bond acceptors (Lipinski definition) is 6. The van der Waals surface area contributed by atoms with Gasteiger partial charge in [-0.3, -0.25) is 4.98 Å². The van der Waals surface area contributed by atoms with E-state index in [9.17, 15) is 9.59 Å². The molecule has 0 radical (unpaired) electrons. The van der Waals surface area contributed by atoms with Crippen LogP contribution in [0.4, 0.5) is 4.79 Å². The summed E-state index contributed by atoms with van der Waals surface area (Å²) in [7, 11) is 1.31. The predicted octanol–water partition coefficient (Wildman–Crippen LogP) is 1.54. The molecular weight excluding hydrogens is 286 g/mol. The van der Waals surface area contributed by atoms with Gasteiger partial charge in [-0.1, -0.05) is 12.1 Å². The molecule has 7 nitrogen and oxygen atoms in total. The zero-order valence-electron chi connectivity index (χ0n) is 11.9. The van der Waals surface area contributed by atoms with Gasteiger partial charge in [-0.2, -0.15) is 0 Å². The first-order valence-electron chi connectivity index (χ1n) is 6.43. The van der Waals surface area contributed by atoms with Crippen molar-refractivity contribution in [1.29, 1.82) is 0 Å². The first-order valence-corrected chi connectivity index (χ1v) is 6.43. The molecule has 0 spiro atoms.